The van der Waals surface area contributed by atoms with E-state index >= 15 is 0 Å². The number of cyclic esters (lactones) is 1. The van der Waals surface area contributed by atoms with E-state index in [4.69, 9.17) is 39.5 Å². The Hall–Kier alpha value is -0.480. The number of esters is 1. The number of ether oxygens (including phenoxy) is 1. The number of carbonyl (C=O) groups excluding carboxylic acids is 1. The third-order valence-electron chi connectivity index (χ3n) is 5.79. The highest BCUT2D eigenvalue weighted by Gasteiger charge is 2.67. The average molecular weight is 389 g/mol. The Morgan fingerprint density at radius 3 is 2.58 bits per heavy atom. The summed E-state index contributed by atoms with van der Waals surface area (Å²) in [7, 11) is 0. The molecule has 0 amide bonds. The Morgan fingerprint density at radius 2 is 1.88 bits per heavy atom. The summed E-state index contributed by atoms with van der Waals surface area (Å²) in [6.45, 7) is 0. The lowest BCUT2D eigenvalue weighted by Crippen LogP contribution is -2.54. The van der Waals surface area contributed by atoms with E-state index in [-0.39, 0.29) is 12.0 Å². The molecule has 1 aliphatic carbocycles. The number of benzene rings is 1. The number of fused-ring (bicyclic) bond motifs is 3. The van der Waals surface area contributed by atoms with E-state index in [9.17, 15) is 4.79 Å². The molecule has 4 rings (SSSR count). The first kappa shape index (κ1) is 17.0. The molecule has 3 aliphatic rings. The van der Waals surface area contributed by atoms with Crippen molar-refractivity contribution in [2.75, 3.05) is 0 Å². The van der Waals surface area contributed by atoms with Crippen molar-refractivity contribution in [3.8, 4) is 0 Å². The third-order valence-corrected chi connectivity index (χ3v) is 6.35. The molecule has 3 fully saturated rings. The van der Waals surface area contributed by atoms with E-state index in [2.05, 4.69) is 4.90 Å². The summed E-state index contributed by atoms with van der Waals surface area (Å²) < 4.78 is 3.97. The van der Waals surface area contributed by atoms with Crippen LogP contribution in [0.4, 0.5) is 0 Å². The molecule has 0 bridgehead atoms. The van der Waals surface area contributed by atoms with Gasteiger partial charge in [0.1, 0.15) is 5.54 Å². The van der Waals surface area contributed by atoms with Crippen molar-refractivity contribution in [1.82, 2.24) is 4.90 Å². The zero-order chi connectivity index (χ0) is 16.9. The zero-order valence-electron chi connectivity index (χ0n) is 13.3. The van der Waals surface area contributed by atoms with E-state index in [0.717, 1.165) is 31.2 Å². The smallest absolute Gasteiger partial charge is 0.328 e. The predicted molar refractivity (Wildman–Crippen MR) is 95.2 cm³/mol. The Balaban J connectivity index is 1.75. The summed E-state index contributed by atoms with van der Waals surface area (Å²) in [6.07, 6.45) is 5.14. The second kappa shape index (κ2) is 6.05. The minimum Gasteiger partial charge on any atom is -0.440 e. The molecule has 2 saturated heterocycles. The molecule has 3 nitrogen and oxygen atoms in total. The standard InChI is InChI=1S/C18H20Cl3NO2/c19-18(20,21)15-22-14-9-5-4-8-13(14)11-17(22,16(23)24-15)10-12-6-2-1-3-7-12/h1-3,6-7,13-15H,4-5,8-11H2/t13-,14-,15-,17-/m0/s1. The molecule has 4 atom stereocenters. The Bertz CT molecular complexity index is 633. The van der Waals surface area contributed by atoms with Gasteiger partial charge in [-0.2, -0.15) is 0 Å². The molecule has 2 aliphatic heterocycles. The van der Waals surface area contributed by atoms with Crippen molar-refractivity contribution in [2.24, 2.45) is 5.92 Å². The van der Waals surface area contributed by atoms with Gasteiger partial charge >= 0.3 is 5.97 Å². The first-order valence-electron chi connectivity index (χ1n) is 8.52. The highest BCUT2D eigenvalue weighted by atomic mass is 35.6. The molecule has 1 aromatic rings. The largest absolute Gasteiger partial charge is 0.440 e. The summed E-state index contributed by atoms with van der Waals surface area (Å²) in [5.41, 5.74) is 0.415. The molecule has 2 heterocycles. The Morgan fingerprint density at radius 1 is 1.17 bits per heavy atom. The summed E-state index contributed by atoms with van der Waals surface area (Å²) in [6, 6.07) is 10.3. The normalized spacial score (nSPS) is 36.3. The van der Waals surface area contributed by atoms with Crippen LogP contribution in [0.3, 0.4) is 0 Å². The summed E-state index contributed by atoms with van der Waals surface area (Å²) in [5.74, 6) is 0.238. The fraction of sp³-hybridized carbons (Fsp3) is 0.611. The number of hydrogen-bond acceptors (Lipinski definition) is 3. The number of carbonyl (C=O) groups is 1. The van der Waals surface area contributed by atoms with Crippen LogP contribution in [0.25, 0.3) is 0 Å². The van der Waals surface area contributed by atoms with Crippen LogP contribution in [0.15, 0.2) is 30.3 Å². The highest BCUT2D eigenvalue weighted by Crippen LogP contribution is 2.55. The topological polar surface area (TPSA) is 29.5 Å². The summed E-state index contributed by atoms with van der Waals surface area (Å²) in [4.78, 5) is 15.1. The second-order valence-electron chi connectivity index (χ2n) is 7.22. The van der Waals surface area contributed by atoms with Crippen molar-refractivity contribution in [1.29, 1.82) is 0 Å². The Kier molecular flexibility index (Phi) is 4.28. The fourth-order valence-electron chi connectivity index (χ4n) is 4.90. The predicted octanol–water partition coefficient (Wildman–Crippen LogP) is 4.49. The number of nitrogens with zero attached hydrogens (tertiary/aromatic N) is 1. The van der Waals surface area contributed by atoms with E-state index in [1.165, 1.54) is 6.42 Å². The number of hydrogen-bond donors (Lipinski definition) is 0. The molecular weight excluding hydrogens is 369 g/mol. The molecule has 0 aromatic heterocycles. The van der Waals surface area contributed by atoms with Crippen molar-refractivity contribution in [3.63, 3.8) is 0 Å². The molecule has 0 N–H and O–H groups in total. The van der Waals surface area contributed by atoms with Gasteiger partial charge in [0.15, 0.2) is 0 Å². The SMILES string of the molecule is O=C1O[C@@H](C(Cl)(Cl)Cl)N2[C@H]3CCCC[C@H]3C[C@@]12Cc1ccccc1. The monoisotopic (exact) mass is 387 g/mol. The van der Waals surface area contributed by atoms with Gasteiger partial charge in [0.2, 0.25) is 10.0 Å². The van der Waals surface area contributed by atoms with Crippen LogP contribution in [-0.4, -0.2) is 32.5 Å². The van der Waals surface area contributed by atoms with Crippen molar-refractivity contribution >= 4 is 40.8 Å². The maximum Gasteiger partial charge on any atom is 0.328 e. The summed E-state index contributed by atoms with van der Waals surface area (Å²) >= 11 is 18.5. The second-order valence-corrected chi connectivity index (χ2v) is 9.59. The van der Waals surface area contributed by atoms with Crippen LogP contribution in [0, 0.1) is 5.92 Å². The Labute approximate surface area is 157 Å². The molecule has 24 heavy (non-hydrogen) atoms. The van der Waals surface area contributed by atoms with Crippen molar-refractivity contribution < 1.29 is 9.53 Å². The van der Waals surface area contributed by atoms with Crippen LogP contribution < -0.4 is 0 Å². The van der Waals surface area contributed by atoms with Crippen LogP contribution in [0.1, 0.15) is 37.7 Å². The van der Waals surface area contributed by atoms with E-state index < -0.39 is 15.6 Å². The number of rotatable bonds is 2. The molecule has 0 spiro atoms. The van der Waals surface area contributed by atoms with E-state index in [0.29, 0.717) is 12.3 Å². The lowest BCUT2D eigenvalue weighted by molar-refractivity contribution is -0.146. The minimum atomic E-state index is -1.64. The van der Waals surface area contributed by atoms with Crippen LogP contribution in [0.2, 0.25) is 0 Å². The van der Waals surface area contributed by atoms with Crippen molar-refractivity contribution in [2.45, 2.75) is 60.1 Å². The molecule has 6 heteroatoms. The molecule has 130 valence electrons. The first-order valence-corrected chi connectivity index (χ1v) is 9.65. The minimum absolute atomic E-state index is 0.239. The molecular formula is C18H20Cl3NO2. The maximum atomic E-state index is 12.9. The molecule has 1 aromatic carbocycles. The van der Waals surface area contributed by atoms with Crippen molar-refractivity contribution in [3.05, 3.63) is 35.9 Å². The van der Waals surface area contributed by atoms with E-state index in [1.54, 1.807) is 0 Å². The molecule has 0 unspecified atom stereocenters. The van der Waals surface area contributed by atoms with Gasteiger partial charge in [-0.1, -0.05) is 78.0 Å². The third kappa shape index (κ3) is 2.65. The van der Waals surface area contributed by atoms with Gasteiger partial charge in [-0.3, -0.25) is 0 Å². The van der Waals surface area contributed by atoms with Crippen LogP contribution >= 0.6 is 34.8 Å². The van der Waals surface area contributed by atoms with Gasteiger partial charge in [-0.15, -0.1) is 0 Å². The van der Waals surface area contributed by atoms with Gasteiger partial charge in [0.05, 0.1) is 0 Å². The maximum absolute atomic E-state index is 12.9. The van der Waals surface area contributed by atoms with Crippen LogP contribution in [0.5, 0.6) is 0 Å². The van der Waals surface area contributed by atoms with Gasteiger partial charge in [0.25, 0.3) is 0 Å². The molecule has 1 saturated carbocycles. The van der Waals surface area contributed by atoms with Gasteiger partial charge in [-0.05, 0) is 30.7 Å². The first-order chi connectivity index (χ1) is 11.4. The van der Waals surface area contributed by atoms with Gasteiger partial charge in [0, 0.05) is 12.5 Å². The zero-order valence-corrected chi connectivity index (χ0v) is 15.5. The van der Waals surface area contributed by atoms with Crippen LogP contribution in [-0.2, 0) is 16.0 Å². The lowest BCUT2D eigenvalue weighted by Gasteiger charge is -2.38. The number of alkyl halides is 3. The molecule has 0 radical (unpaired) electrons. The summed E-state index contributed by atoms with van der Waals surface area (Å²) in [5, 5.41) is 0. The quantitative estimate of drug-likeness (QED) is 0.552. The van der Waals surface area contributed by atoms with Gasteiger partial charge in [-0.25, -0.2) is 9.69 Å². The lowest BCUT2D eigenvalue weighted by atomic mass is 9.81. The van der Waals surface area contributed by atoms with E-state index in [1.807, 2.05) is 30.3 Å². The fourth-order valence-corrected chi connectivity index (χ4v) is 5.35. The van der Waals surface area contributed by atoms with Gasteiger partial charge < -0.3 is 4.74 Å². The number of halogens is 3. The highest BCUT2D eigenvalue weighted by molar-refractivity contribution is 6.68. The average Bonchev–Trinajstić information content (AvgIpc) is 3.00.